The summed E-state index contributed by atoms with van der Waals surface area (Å²) in [4.78, 5) is 10.9. The first kappa shape index (κ1) is 12.8. The van der Waals surface area contributed by atoms with E-state index in [9.17, 15) is 4.79 Å². The van der Waals surface area contributed by atoms with Gasteiger partial charge in [-0.2, -0.15) is 0 Å². The highest BCUT2D eigenvalue weighted by molar-refractivity contribution is 9.10. The van der Waals surface area contributed by atoms with Gasteiger partial charge >= 0.3 is 5.97 Å². The van der Waals surface area contributed by atoms with Crippen LogP contribution in [-0.4, -0.2) is 26.1 Å². The van der Waals surface area contributed by atoms with Crippen LogP contribution in [0, 0.1) is 0 Å². The minimum atomic E-state index is -0.907. The standard InChI is InChI=1S/C14H10BrN3O2/c15-12-5-6-13(11-4-2-1-3-10(11)12)18-9(7-14(19)20)8-16-17-18/h1-6,8H,7H2,(H,19,20). The molecule has 0 aliphatic heterocycles. The number of benzene rings is 2. The Kier molecular flexibility index (Phi) is 3.23. The second kappa shape index (κ2) is 5.05. The number of carboxylic acids is 1. The van der Waals surface area contributed by atoms with Crippen molar-refractivity contribution in [2.45, 2.75) is 6.42 Å². The summed E-state index contributed by atoms with van der Waals surface area (Å²) in [5.74, 6) is -0.907. The van der Waals surface area contributed by atoms with Crippen molar-refractivity contribution >= 4 is 32.7 Å². The normalized spacial score (nSPS) is 10.8. The number of carboxylic acid groups (broad SMARTS) is 1. The molecule has 0 bridgehead atoms. The number of fused-ring (bicyclic) bond motifs is 1. The molecule has 1 N–H and O–H groups in total. The molecule has 0 fully saturated rings. The quantitative estimate of drug-likeness (QED) is 0.801. The predicted molar refractivity (Wildman–Crippen MR) is 77.9 cm³/mol. The summed E-state index contributed by atoms with van der Waals surface area (Å²) in [5, 5.41) is 18.8. The van der Waals surface area contributed by atoms with E-state index < -0.39 is 5.97 Å². The summed E-state index contributed by atoms with van der Waals surface area (Å²) in [6.07, 6.45) is 1.36. The zero-order valence-corrected chi connectivity index (χ0v) is 11.9. The molecule has 0 spiro atoms. The van der Waals surface area contributed by atoms with Gasteiger partial charge < -0.3 is 5.11 Å². The Morgan fingerprint density at radius 1 is 1.20 bits per heavy atom. The van der Waals surface area contributed by atoms with E-state index in [0.29, 0.717) is 5.69 Å². The number of halogens is 1. The van der Waals surface area contributed by atoms with Crippen LogP contribution in [0.5, 0.6) is 0 Å². The van der Waals surface area contributed by atoms with Crippen molar-refractivity contribution < 1.29 is 9.90 Å². The zero-order chi connectivity index (χ0) is 14.1. The largest absolute Gasteiger partial charge is 0.481 e. The maximum absolute atomic E-state index is 10.9. The van der Waals surface area contributed by atoms with Gasteiger partial charge in [0.15, 0.2) is 0 Å². The fourth-order valence-corrected chi connectivity index (χ4v) is 2.64. The Hall–Kier alpha value is -2.21. The second-order valence-electron chi connectivity index (χ2n) is 4.32. The summed E-state index contributed by atoms with van der Waals surface area (Å²) in [5.41, 5.74) is 1.36. The number of hydrogen-bond acceptors (Lipinski definition) is 3. The van der Waals surface area contributed by atoms with E-state index in [2.05, 4.69) is 26.2 Å². The third-order valence-corrected chi connectivity index (χ3v) is 3.72. The molecule has 1 aromatic heterocycles. The zero-order valence-electron chi connectivity index (χ0n) is 10.3. The SMILES string of the molecule is O=C(O)Cc1cnnn1-c1ccc(Br)c2ccccc12. The van der Waals surface area contributed by atoms with E-state index in [1.807, 2.05) is 36.4 Å². The molecule has 1 heterocycles. The van der Waals surface area contributed by atoms with E-state index in [-0.39, 0.29) is 6.42 Å². The van der Waals surface area contributed by atoms with Crippen LogP contribution in [0.15, 0.2) is 47.1 Å². The molecule has 6 heteroatoms. The van der Waals surface area contributed by atoms with Crippen LogP contribution in [0.1, 0.15) is 5.69 Å². The number of aliphatic carboxylic acids is 1. The molecule has 0 unspecified atom stereocenters. The van der Waals surface area contributed by atoms with Crippen LogP contribution >= 0.6 is 15.9 Å². The smallest absolute Gasteiger partial charge is 0.309 e. The highest BCUT2D eigenvalue weighted by atomic mass is 79.9. The predicted octanol–water partition coefficient (Wildman–Crippen LogP) is 2.81. The molecule has 20 heavy (non-hydrogen) atoms. The monoisotopic (exact) mass is 331 g/mol. The van der Waals surface area contributed by atoms with Crippen molar-refractivity contribution in [3.8, 4) is 5.69 Å². The molecule has 0 saturated carbocycles. The first-order valence-electron chi connectivity index (χ1n) is 5.96. The molecule has 100 valence electrons. The van der Waals surface area contributed by atoms with Crippen molar-refractivity contribution in [2.24, 2.45) is 0 Å². The molecule has 5 nitrogen and oxygen atoms in total. The van der Waals surface area contributed by atoms with Gasteiger partial charge in [0.25, 0.3) is 0 Å². The fraction of sp³-hybridized carbons (Fsp3) is 0.0714. The maximum Gasteiger partial charge on any atom is 0.309 e. The summed E-state index contributed by atoms with van der Waals surface area (Å²) in [7, 11) is 0. The first-order valence-corrected chi connectivity index (χ1v) is 6.75. The highest BCUT2D eigenvalue weighted by Crippen LogP contribution is 2.29. The van der Waals surface area contributed by atoms with E-state index in [0.717, 1.165) is 20.9 Å². The van der Waals surface area contributed by atoms with Crippen LogP contribution in [0.2, 0.25) is 0 Å². The molecule has 0 aliphatic carbocycles. The molecule has 0 aliphatic rings. The van der Waals surface area contributed by atoms with E-state index in [4.69, 9.17) is 5.11 Å². The van der Waals surface area contributed by atoms with E-state index in [1.54, 1.807) is 4.68 Å². The Morgan fingerprint density at radius 3 is 2.70 bits per heavy atom. The molecule has 0 saturated heterocycles. The summed E-state index contributed by atoms with van der Waals surface area (Å²) in [6.45, 7) is 0. The van der Waals surface area contributed by atoms with Gasteiger partial charge in [-0.1, -0.05) is 45.4 Å². The third-order valence-electron chi connectivity index (χ3n) is 3.03. The lowest BCUT2D eigenvalue weighted by Crippen LogP contribution is -2.08. The Balaban J connectivity index is 2.23. The minimum absolute atomic E-state index is 0.114. The van der Waals surface area contributed by atoms with E-state index >= 15 is 0 Å². The Morgan fingerprint density at radius 2 is 1.95 bits per heavy atom. The minimum Gasteiger partial charge on any atom is -0.481 e. The summed E-state index contributed by atoms with van der Waals surface area (Å²) < 4.78 is 2.56. The van der Waals surface area contributed by atoms with Crippen molar-refractivity contribution in [3.05, 3.63) is 52.8 Å². The van der Waals surface area contributed by atoms with Gasteiger partial charge in [-0.05, 0) is 17.5 Å². The van der Waals surface area contributed by atoms with Crippen LogP contribution in [0.25, 0.3) is 16.5 Å². The lowest BCUT2D eigenvalue weighted by molar-refractivity contribution is -0.136. The fourth-order valence-electron chi connectivity index (χ4n) is 2.17. The van der Waals surface area contributed by atoms with Crippen LogP contribution < -0.4 is 0 Å². The van der Waals surface area contributed by atoms with Crippen molar-refractivity contribution in [1.82, 2.24) is 15.0 Å². The van der Waals surface area contributed by atoms with Gasteiger partial charge in [-0.3, -0.25) is 4.79 Å². The Labute approximate surface area is 123 Å². The molecular weight excluding hydrogens is 322 g/mol. The topological polar surface area (TPSA) is 68.0 Å². The van der Waals surface area contributed by atoms with Gasteiger partial charge in [0.05, 0.1) is 24.0 Å². The lowest BCUT2D eigenvalue weighted by atomic mass is 10.1. The van der Waals surface area contributed by atoms with Crippen LogP contribution in [-0.2, 0) is 11.2 Å². The van der Waals surface area contributed by atoms with Gasteiger partial charge in [0, 0.05) is 9.86 Å². The van der Waals surface area contributed by atoms with Crippen LogP contribution in [0.4, 0.5) is 0 Å². The molecule has 3 aromatic rings. The number of carbonyl (C=O) groups is 1. The van der Waals surface area contributed by atoms with Gasteiger partial charge in [-0.15, -0.1) is 5.10 Å². The van der Waals surface area contributed by atoms with Crippen molar-refractivity contribution in [1.29, 1.82) is 0 Å². The molecular formula is C14H10BrN3O2. The van der Waals surface area contributed by atoms with Crippen LogP contribution in [0.3, 0.4) is 0 Å². The second-order valence-corrected chi connectivity index (χ2v) is 5.17. The number of rotatable bonds is 3. The first-order chi connectivity index (χ1) is 9.66. The summed E-state index contributed by atoms with van der Waals surface area (Å²) >= 11 is 3.51. The summed E-state index contributed by atoms with van der Waals surface area (Å²) in [6, 6.07) is 11.7. The van der Waals surface area contributed by atoms with Crippen molar-refractivity contribution in [2.75, 3.05) is 0 Å². The molecule has 0 radical (unpaired) electrons. The average molecular weight is 332 g/mol. The van der Waals surface area contributed by atoms with Gasteiger partial charge in [0.2, 0.25) is 0 Å². The van der Waals surface area contributed by atoms with E-state index in [1.165, 1.54) is 6.20 Å². The third kappa shape index (κ3) is 2.18. The lowest BCUT2D eigenvalue weighted by Gasteiger charge is -2.09. The molecule has 0 amide bonds. The number of aromatic nitrogens is 3. The molecule has 0 atom stereocenters. The van der Waals surface area contributed by atoms with Gasteiger partial charge in [0.1, 0.15) is 0 Å². The molecule has 2 aromatic carbocycles. The maximum atomic E-state index is 10.9. The number of nitrogens with zero attached hydrogens (tertiary/aromatic N) is 3. The Bertz CT molecular complexity index is 798. The number of hydrogen-bond donors (Lipinski definition) is 1. The van der Waals surface area contributed by atoms with Gasteiger partial charge in [-0.25, -0.2) is 4.68 Å². The van der Waals surface area contributed by atoms with Crippen molar-refractivity contribution in [3.63, 3.8) is 0 Å². The molecule has 3 rings (SSSR count). The highest BCUT2D eigenvalue weighted by Gasteiger charge is 2.13. The average Bonchev–Trinajstić information content (AvgIpc) is 2.87.